The standard InChI is InChI=1S/C19H16N4O2S/c1-2-20-18(24)23-19-22-16-10-13(12-6-8-25-11-12)9-14(17(16)26-19)15-5-3-4-7-21-15/h3-11H,2H2,1H3,(H2,20,22,23,24). The van der Waals surface area contributed by atoms with Crippen LogP contribution in [0.15, 0.2) is 59.5 Å². The molecular formula is C19H16N4O2S. The molecule has 130 valence electrons. The Morgan fingerprint density at radius 1 is 1.23 bits per heavy atom. The van der Waals surface area contributed by atoms with E-state index in [1.807, 2.05) is 37.3 Å². The molecular weight excluding hydrogens is 348 g/mol. The third-order valence-corrected chi connectivity index (χ3v) is 4.86. The van der Waals surface area contributed by atoms with Gasteiger partial charge in [0, 0.05) is 23.9 Å². The number of hydrogen-bond donors (Lipinski definition) is 2. The van der Waals surface area contributed by atoms with Crippen molar-refractivity contribution in [3.63, 3.8) is 0 Å². The molecule has 3 heterocycles. The summed E-state index contributed by atoms with van der Waals surface area (Å²) in [6.45, 7) is 2.43. The molecule has 0 atom stereocenters. The number of amides is 2. The fourth-order valence-electron chi connectivity index (χ4n) is 2.70. The van der Waals surface area contributed by atoms with Crippen molar-refractivity contribution < 1.29 is 9.21 Å². The second-order valence-corrected chi connectivity index (χ2v) is 6.60. The van der Waals surface area contributed by atoms with Crippen LogP contribution in [0.3, 0.4) is 0 Å². The van der Waals surface area contributed by atoms with Crippen LogP contribution >= 0.6 is 11.3 Å². The van der Waals surface area contributed by atoms with Gasteiger partial charge in [-0.25, -0.2) is 9.78 Å². The first-order valence-electron chi connectivity index (χ1n) is 8.18. The van der Waals surface area contributed by atoms with Gasteiger partial charge in [-0.15, -0.1) is 0 Å². The first kappa shape index (κ1) is 16.3. The van der Waals surface area contributed by atoms with Crippen molar-refractivity contribution in [2.75, 3.05) is 11.9 Å². The monoisotopic (exact) mass is 364 g/mol. The number of fused-ring (bicyclic) bond motifs is 1. The minimum absolute atomic E-state index is 0.263. The number of nitrogens with one attached hydrogen (secondary N) is 2. The molecule has 4 aromatic rings. The van der Waals surface area contributed by atoms with Gasteiger partial charge in [-0.05, 0) is 42.8 Å². The average molecular weight is 364 g/mol. The highest BCUT2D eigenvalue weighted by Gasteiger charge is 2.15. The molecule has 6 nitrogen and oxygen atoms in total. The van der Waals surface area contributed by atoms with Gasteiger partial charge in [0.2, 0.25) is 0 Å². The van der Waals surface area contributed by atoms with E-state index in [0.29, 0.717) is 11.7 Å². The second kappa shape index (κ2) is 6.97. The maximum atomic E-state index is 11.8. The number of carbonyl (C=O) groups excluding carboxylic acids is 1. The lowest BCUT2D eigenvalue weighted by Crippen LogP contribution is -2.28. The summed E-state index contributed by atoms with van der Waals surface area (Å²) in [6, 6.07) is 11.5. The number of pyridine rings is 1. The van der Waals surface area contributed by atoms with E-state index >= 15 is 0 Å². The summed E-state index contributed by atoms with van der Waals surface area (Å²) >= 11 is 1.43. The Hall–Kier alpha value is -3.19. The Morgan fingerprint density at radius 3 is 2.88 bits per heavy atom. The van der Waals surface area contributed by atoms with Gasteiger partial charge < -0.3 is 9.73 Å². The van der Waals surface area contributed by atoms with Gasteiger partial charge in [0.1, 0.15) is 0 Å². The summed E-state index contributed by atoms with van der Waals surface area (Å²) in [6.07, 6.45) is 5.10. The Kier molecular flexibility index (Phi) is 4.37. The summed E-state index contributed by atoms with van der Waals surface area (Å²) in [5, 5.41) is 6.04. The predicted octanol–water partition coefficient (Wildman–Crippen LogP) is 4.76. The third-order valence-electron chi connectivity index (χ3n) is 3.84. The Morgan fingerprint density at radius 2 is 2.15 bits per heavy atom. The lowest BCUT2D eigenvalue weighted by molar-refractivity contribution is 0.252. The zero-order chi connectivity index (χ0) is 17.9. The van der Waals surface area contributed by atoms with Crippen LogP contribution in [-0.2, 0) is 0 Å². The summed E-state index contributed by atoms with van der Waals surface area (Å²) in [5.41, 5.74) is 4.59. The maximum Gasteiger partial charge on any atom is 0.321 e. The molecule has 0 saturated carbocycles. The number of hydrogen-bond acceptors (Lipinski definition) is 5. The number of furan rings is 1. The molecule has 0 bridgehead atoms. The molecule has 0 radical (unpaired) electrons. The molecule has 4 rings (SSSR count). The van der Waals surface area contributed by atoms with Crippen molar-refractivity contribution in [2.24, 2.45) is 0 Å². The summed E-state index contributed by atoms with van der Waals surface area (Å²) in [5.74, 6) is 0. The SMILES string of the molecule is CCNC(=O)Nc1nc2cc(-c3ccoc3)cc(-c3ccccn3)c2s1. The zero-order valence-corrected chi connectivity index (χ0v) is 14.8. The summed E-state index contributed by atoms with van der Waals surface area (Å²) < 4.78 is 6.19. The molecule has 0 aliphatic carbocycles. The van der Waals surface area contributed by atoms with Crippen LogP contribution in [0, 0.1) is 0 Å². The van der Waals surface area contributed by atoms with E-state index in [-0.39, 0.29) is 6.03 Å². The molecule has 26 heavy (non-hydrogen) atoms. The quantitative estimate of drug-likeness (QED) is 0.547. The largest absolute Gasteiger partial charge is 0.472 e. The van der Waals surface area contributed by atoms with Crippen LogP contribution in [0.5, 0.6) is 0 Å². The summed E-state index contributed by atoms with van der Waals surface area (Å²) in [4.78, 5) is 20.9. The first-order chi connectivity index (χ1) is 12.7. The normalized spacial score (nSPS) is 10.8. The number of rotatable bonds is 4. The van der Waals surface area contributed by atoms with Gasteiger partial charge in [-0.3, -0.25) is 10.3 Å². The fraction of sp³-hybridized carbons (Fsp3) is 0.105. The Labute approximate surface area is 153 Å². The van der Waals surface area contributed by atoms with E-state index in [4.69, 9.17) is 4.42 Å². The van der Waals surface area contributed by atoms with Gasteiger partial charge in [0.25, 0.3) is 0 Å². The first-order valence-corrected chi connectivity index (χ1v) is 8.99. The van der Waals surface area contributed by atoms with Crippen molar-refractivity contribution in [3.8, 4) is 22.4 Å². The van der Waals surface area contributed by atoms with E-state index in [1.54, 1.807) is 18.7 Å². The predicted molar refractivity (Wildman–Crippen MR) is 103 cm³/mol. The molecule has 0 aliphatic heterocycles. The molecule has 0 spiro atoms. The van der Waals surface area contributed by atoms with Crippen LogP contribution in [-0.4, -0.2) is 22.5 Å². The molecule has 0 unspecified atom stereocenters. The molecule has 2 amide bonds. The molecule has 0 saturated heterocycles. The highest BCUT2D eigenvalue weighted by Crippen LogP contribution is 2.38. The van der Waals surface area contributed by atoms with Crippen LogP contribution in [0.25, 0.3) is 32.6 Å². The molecule has 0 fully saturated rings. The number of urea groups is 1. The minimum Gasteiger partial charge on any atom is -0.472 e. The Balaban J connectivity index is 1.86. The lowest BCUT2D eigenvalue weighted by Gasteiger charge is -2.05. The van der Waals surface area contributed by atoms with Crippen molar-refractivity contribution in [1.29, 1.82) is 0 Å². The second-order valence-electron chi connectivity index (χ2n) is 5.60. The van der Waals surface area contributed by atoms with Gasteiger partial charge in [0.15, 0.2) is 5.13 Å². The summed E-state index contributed by atoms with van der Waals surface area (Å²) in [7, 11) is 0. The molecule has 1 aromatic carbocycles. The molecule has 0 aliphatic rings. The van der Waals surface area contributed by atoms with Crippen molar-refractivity contribution in [2.45, 2.75) is 6.92 Å². The van der Waals surface area contributed by atoms with Crippen molar-refractivity contribution in [1.82, 2.24) is 15.3 Å². The van der Waals surface area contributed by atoms with Crippen LogP contribution in [0.1, 0.15) is 6.92 Å². The smallest absolute Gasteiger partial charge is 0.321 e. The van der Waals surface area contributed by atoms with Crippen LogP contribution in [0.4, 0.5) is 9.93 Å². The minimum atomic E-state index is -0.263. The molecule has 2 N–H and O–H groups in total. The number of benzene rings is 1. The Bertz CT molecular complexity index is 1040. The highest BCUT2D eigenvalue weighted by atomic mass is 32.1. The van der Waals surface area contributed by atoms with E-state index < -0.39 is 0 Å². The van der Waals surface area contributed by atoms with Crippen molar-refractivity contribution in [3.05, 3.63) is 55.1 Å². The van der Waals surface area contributed by atoms with Crippen LogP contribution < -0.4 is 10.6 Å². The number of aromatic nitrogens is 2. The maximum absolute atomic E-state index is 11.8. The van der Waals surface area contributed by atoms with E-state index in [2.05, 4.69) is 26.7 Å². The molecule has 7 heteroatoms. The van der Waals surface area contributed by atoms with Gasteiger partial charge in [0.05, 0.1) is 28.4 Å². The van der Waals surface area contributed by atoms with E-state index in [0.717, 1.165) is 32.6 Å². The number of thiazole rings is 1. The molecule has 3 aromatic heterocycles. The van der Waals surface area contributed by atoms with Gasteiger partial charge in [-0.2, -0.15) is 0 Å². The fourth-order valence-corrected chi connectivity index (χ4v) is 3.66. The van der Waals surface area contributed by atoms with Crippen molar-refractivity contribution >= 4 is 32.7 Å². The number of carbonyl (C=O) groups is 1. The van der Waals surface area contributed by atoms with Gasteiger partial charge in [-0.1, -0.05) is 17.4 Å². The van der Waals surface area contributed by atoms with E-state index in [9.17, 15) is 4.79 Å². The number of anilines is 1. The van der Waals surface area contributed by atoms with Gasteiger partial charge >= 0.3 is 6.03 Å². The zero-order valence-electron chi connectivity index (χ0n) is 14.0. The average Bonchev–Trinajstić information content (AvgIpc) is 3.31. The van der Waals surface area contributed by atoms with E-state index in [1.165, 1.54) is 11.3 Å². The number of nitrogens with zero attached hydrogens (tertiary/aromatic N) is 2. The van der Waals surface area contributed by atoms with Crippen LogP contribution in [0.2, 0.25) is 0 Å². The highest BCUT2D eigenvalue weighted by molar-refractivity contribution is 7.22. The lowest BCUT2D eigenvalue weighted by atomic mass is 10.0. The third kappa shape index (κ3) is 3.16. The topological polar surface area (TPSA) is 80.0 Å².